The van der Waals surface area contributed by atoms with E-state index in [4.69, 9.17) is 9.84 Å². The van der Waals surface area contributed by atoms with E-state index < -0.39 is 11.9 Å². The molecule has 1 saturated heterocycles. The van der Waals surface area contributed by atoms with Crippen molar-refractivity contribution in [1.29, 1.82) is 0 Å². The maximum absolute atomic E-state index is 12.1. The third kappa shape index (κ3) is 4.74. The van der Waals surface area contributed by atoms with Crippen molar-refractivity contribution in [2.24, 2.45) is 5.92 Å². The minimum atomic E-state index is -0.821. The molecule has 1 atom stereocenters. The molecule has 0 bridgehead atoms. The Morgan fingerprint density at radius 1 is 1.33 bits per heavy atom. The number of halogens is 1. The van der Waals surface area contributed by atoms with Gasteiger partial charge < -0.3 is 14.7 Å². The molecular formula is C15H18BrNO4. The van der Waals surface area contributed by atoms with Gasteiger partial charge in [-0.2, -0.15) is 0 Å². The number of hydrogen-bond donors (Lipinski definition) is 1. The Morgan fingerprint density at radius 3 is 2.71 bits per heavy atom. The molecule has 1 fully saturated rings. The summed E-state index contributed by atoms with van der Waals surface area (Å²) in [6, 6.07) is 7.41. The van der Waals surface area contributed by atoms with E-state index in [0.29, 0.717) is 31.9 Å². The summed E-state index contributed by atoms with van der Waals surface area (Å²) < 4.78 is 6.48. The Morgan fingerprint density at radius 2 is 2.05 bits per heavy atom. The van der Waals surface area contributed by atoms with Gasteiger partial charge in [-0.1, -0.05) is 15.9 Å². The average molecular weight is 356 g/mol. The number of carbonyl (C=O) groups is 2. The minimum absolute atomic E-state index is 0.0435. The largest absolute Gasteiger partial charge is 0.493 e. The number of carboxylic acid groups (broad SMARTS) is 1. The lowest BCUT2D eigenvalue weighted by Crippen LogP contribution is -2.42. The van der Waals surface area contributed by atoms with Gasteiger partial charge in [-0.05, 0) is 37.1 Å². The van der Waals surface area contributed by atoms with Crippen LogP contribution in [-0.2, 0) is 9.59 Å². The summed E-state index contributed by atoms with van der Waals surface area (Å²) >= 11 is 3.34. The van der Waals surface area contributed by atoms with Gasteiger partial charge in [0.1, 0.15) is 5.75 Å². The van der Waals surface area contributed by atoms with E-state index >= 15 is 0 Å². The van der Waals surface area contributed by atoms with Gasteiger partial charge in [0.05, 0.1) is 18.9 Å². The topological polar surface area (TPSA) is 66.8 Å². The van der Waals surface area contributed by atoms with Gasteiger partial charge in [0.25, 0.3) is 0 Å². The highest BCUT2D eigenvalue weighted by atomic mass is 79.9. The second kappa shape index (κ2) is 7.45. The molecule has 5 nitrogen and oxygen atoms in total. The van der Waals surface area contributed by atoms with Crippen molar-refractivity contribution < 1.29 is 19.4 Å². The number of aliphatic carboxylic acids is 1. The van der Waals surface area contributed by atoms with Gasteiger partial charge in [-0.25, -0.2) is 0 Å². The van der Waals surface area contributed by atoms with E-state index in [9.17, 15) is 9.59 Å². The maximum atomic E-state index is 12.1. The summed E-state index contributed by atoms with van der Waals surface area (Å²) in [6.45, 7) is 1.25. The summed E-state index contributed by atoms with van der Waals surface area (Å²) in [5.41, 5.74) is 0. The molecule has 1 aliphatic rings. The molecule has 114 valence electrons. The standard InChI is InChI=1S/C15H18BrNO4/c16-12-3-5-13(6-4-12)21-9-7-14(18)17-8-1-2-11(10-17)15(19)20/h3-6,11H,1-2,7-10H2,(H,19,20). The molecule has 0 aromatic heterocycles. The fourth-order valence-electron chi connectivity index (χ4n) is 2.35. The Balaban J connectivity index is 1.76. The number of benzene rings is 1. The van der Waals surface area contributed by atoms with Crippen molar-refractivity contribution in [2.45, 2.75) is 19.3 Å². The Bertz CT molecular complexity index is 503. The van der Waals surface area contributed by atoms with Gasteiger partial charge in [0, 0.05) is 17.6 Å². The normalized spacial score (nSPS) is 18.3. The van der Waals surface area contributed by atoms with E-state index in [1.165, 1.54) is 0 Å². The molecular weight excluding hydrogens is 338 g/mol. The molecule has 1 aromatic rings. The van der Waals surface area contributed by atoms with Crippen LogP contribution in [0.25, 0.3) is 0 Å². The molecule has 1 N–H and O–H groups in total. The van der Waals surface area contributed by atoms with Crippen LogP contribution >= 0.6 is 15.9 Å². The van der Waals surface area contributed by atoms with E-state index in [2.05, 4.69) is 15.9 Å². The highest BCUT2D eigenvalue weighted by Gasteiger charge is 2.27. The van der Waals surface area contributed by atoms with E-state index in [-0.39, 0.29) is 12.3 Å². The minimum Gasteiger partial charge on any atom is -0.493 e. The molecule has 0 aliphatic carbocycles. The highest BCUT2D eigenvalue weighted by Crippen LogP contribution is 2.18. The first-order valence-corrected chi connectivity index (χ1v) is 7.74. The lowest BCUT2D eigenvalue weighted by Gasteiger charge is -2.30. The second-order valence-corrected chi connectivity index (χ2v) is 5.99. The zero-order valence-electron chi connectivity index (χ0n) is 11.6. The monoisotopic (exact) mass is 355 g/mol. The van der Waals surface area contributed by atoms with Crippen molar-refractivity contribution in [3.05, 3.63) is 28.7 Å². The predicted octanol–water partition coefficient (Wildman–Crippen LogP) is 2.54. The zero-order chi connectivity index (χ0) is 15.2. The third-order valence-corrected chi connectivity index (χ3v) is 4.05. The number of likely N-dealkylation sites (tertiary alicyclic amines) is 1. The van der Waals surface area contributed by atoms with Crippen LogP contribution in [0, 0.1) is 5.92 Å². The average Bonchev–Trinajstić information content (AvgIpc) is 2.49. The van der Waals surface area contributed by atoms with Gasteiger partial charge in [-0.3, -0.25) is 9.59 Å². The number of hydrogen-bond acceptors (Lipinski definition) is 3. The Labute approximate surface area is 132 Å². The molecule has 1 aliphatic heterocycles. The zero-order valence-corrected chi connectivity index (χ0v) is 13.2. The van der Waals surface area contributed by atoms with Crippen molar-refractivity contribution in [3.8, 4) is 5.75 Å². The first-order chi connectivity index (χ1) is 10.1. The number of rotatable bonds is 5. The van der Waals surface area contributed by atoms with E-state index in [1.54, 1.807) is 4.90 Å². The SMILES string of the molecule is O=C(O)C1CCCN(C(=O)CCOc2ccc(Br)cc2)C1. The molecule has 6 heteroatoms. The molecule has 1 amide bonds. The van der Waals surface area contributed by atoms with Crippen LogP contribution < -0.4 is 4.74 Å². The molecule has 21 heavy (non-hydrogen) atoms. The fraction of sp³-hybridized carbons (Fsp3) is 0.467. The van der Waals surface area contributed by atoms with Gasteiger partial charge >= 0.3 is 5.97 Å². The van der Waals surface area contributed by atoms with Crippen LogP contribution in [0.1, 0.15) is 19.3 Å². The lowest BCUT2D eigenvalue weighted by molar-refractivity contribution is -0.145. The third-order valence-electron chi connectivity index (χ3n) is 3.52. The highest BCUT2D eigenvalue weighted by molar-refractivity contribution is 9.10. The van der Waals surface area contributed by atoms with Crippen molar-refractivity contribution >= 4 is 27.8 Å². The van der Waals surface area contributed by atoms with Crippen molar-refractivity contribution in [3.63, 3.8) is 0 Å². The van der Waals surface area contributed by atoms with Crippen LogP contribution in [-0.4, -0.2) is 41.6 Å². The Hall–Kier alpha value is -1.56. The number of piperidine rings is 1. The number of carbonyl (C=O) groups excluding carboxylic acids is 1. The molecule has 0 spiro atoms. The van der Waals surface area contributed by atoms with Crippen LogP contribution in [0.15, 0.2) is 28.7 Å². The summed E-state index contributed by atoms with van der Waals surface area (Å²) in [5.74, 6) is -0.583. The summed E-state index contributed by atoms with van der Waals surface area (Å²) in [7, 11) is 0. The molecule has 1 unspecified atom stereocenters. The first kappa shape index (κ1) is 15.8. The van der Waals surface area contributed by atoms with Crippen LogP contribution in [0.3, 0.4) is 0 Å². The van der Waals surface area contributed by atoms with E-state index in [1.807, 2.05) is 24.3 Å². The number of amides is 1. The van der Waals surface area contributed by atoms with Crippen LogP contribution in [0.5, 0.6) is 5.75 Å². The summed E-state index contributed by atoms with van der Waals surface area (Å²) in [4.78, 5) is 24.7. The summed E-state index contributed by atoms with van der Waals surface area (Å²) in [6.07, 6.45) is 1.66. The van der Waals surface area contributed by atoms with Crippen LogP contribution in [0.4, 0.5) is 0 Å². The second-order valence-electron chi connectivity index (χ2n) is 5.07. The number of nitrogens with zero attached hydrogens (tertiary/aromatic N) is 1. The van der Waals surface area contributed by atoms with E-state index in [0.717, 1.165) is 10.9 Å². The predicted molar refractivity (Wildman–Crippen MR) is 81.2 cm³/mol. The van der Waals surface area contributed by atoms with Crippen LogP contribution in [0.2, 0.25) is 0 Å². The number of carboxylic acids is 1. The summed E-state index contributed by atoms with van der Waals surface area (Å²) in [5, 5.41) is 9.02. The molecule has 0 saturated carbocycles. The maximum Gasteiger partial charge on any atom is 0.308 e. The van der Waals surface area contributed by atoms with Gasteiger partial charge in [0.2, 0.25) is 5.91 Å². The molecule has 1 aromatic carbocycles. The van der Waals surface area contributed by atoms with Crippen molar-refractivity contribution in [2.75, 3.05) is 19.7 Å². The van der Waals surface area contributed by atoms with Crippen molar-refractivity contribution in [1.82, 2.24) is 4.90 Å². The smallest absolute Gasteiger partial charge is 0.308 e. The fourth-order valence-corrected chi connectivity index (χ4v) is 2.61. The Kier molecular flexibility index (Phi) is 5.61. The quantitative estimate of drug-likeness (QED) is 0.881. The molecule has 0 radical (unpaired) electrons. The number of ether oxygens (including phenoxy) is 1. The molecule has 2 rings (SSSR count). The van der Waals surface area contributed by atoms with Gasteiger partial charge in [0.15, 0.2) is 0 Å². The van der Waals surface area contributed by atoms with Gasteiger partial charge in [-0.15, -0.1) is 0 Å². The lowest BCUT2D eigenvalue weighted by atomic mass is 9.98. The molecule has 1 heterocycles. The first-order valence-electron chi connectivity index (χ1n) is 6.95.